The number of amides is 2. The number of carbonyl (C=O) groups is 2. The third kappa shape index (κ3) is 5.42. The van der Waals surface area contributed by atoms with Crippen molar-refractivity contribution in [3.05, 3.63) is 52.6 Å². The summed E-state index contributed by atoms with van der Waals surface area (Å²) in [7, 11) is 0. The van der Waals surface area contributed by atoms with Crippen LogP contribution in [0.5, 0.6) is 5.75 Å². The number of benzene rings is 1. The molecule has 39 heavy (non-hydrogen) atoms. The third-order valence-corrected chi connectivity index (χ3v) is 7.46. The van der Waals surface area contributed by atoms with Crippen LogP contribution in [0.2, 0.25) is 0 Å². The van der Waals surface area contributed by atoms with Gasteiger partial charge in [-0.25, -0.2) is 23.7 Å². The molecule has 5 rings (SSSR count). The summed E-state index contributed by atoms with van der Waals surface area (Å²) in [5, 5.41) is 3.23. The van der Waals surface area contributed by atoms with E-state index in [9.17, 15) is 31.5 Å². The number of alkyl halides is 5. The number of halogens is 5. The number of thiazole rings is 1. The van der Waals surface area contributed by atoms with E-state index in [2.05, 4.69) is 20.3 Å². The van der Waals surface area contributed by atoms with Crippen molar-refractivity contribution >= 4 is 28.8 Å². The molecule has 0 bridgehead atoms. The zero-order valence-electron chi connectivity index (χ0n) is 20.7. The summed E-state index contributed by atoms with van der Waals surface area (Å²) in [6.45, 7) is 3.67. The van der Waals surface area contributed by atoms with Crippen molar-refractivity contribution in [1.82, 2.24) is 20.3 Å². The van der Waals surface area contributed by atoms with Crippen LogP contribution in [0.1, 0.15) is 52.4 Å². The molecule has 1 aliphatic carbocycles. The van der Waals surface area contributed by atoms with E-state index in [1.165, 1.54) is 22.3 Å². The van der Waals surface area contributed by atoms with Crippen LogP contribution in [0.4, 0.5) is 27.6 Å². The first-order chi connectivity index (χ1) is 18.3. The summed E-state index contributed by atoms with van der Waals surface area (Å²) >= 11 is 1.35. The van der Waals surface area contributed by atoms with Gasteiger partial charge in [-0.05, 0) is 26.0 Å². The van der Waals surface area contributed by atoms with Crippen LogP contribution >= 0.6 is 11.3 Å². The number of anilines is 1. The molecular formula is C25H22F5N5O3S. The first kappa shape index (κ1) is 26.9. The van der Waals surface area contributed by atoms with Gasteiger partial charge in [0, 0.05) is 53.4 Å². The minimum absolute atomic E-state index is 0.120. The van der Waals surface area contributed by atoms with Gasteiger partial charge in [-0.15, -0.1) is 11.3 Å². The maximum absolute atomic E-state index is 13.5. The number of nitrogens with zero attached hydrogens (tertiary/aromatic N) is 4. The fourth-order valence-corrected chi connectivity index (χ4v) is 5.23. The maximum atomic E-state index is 13.5. The molecule has 2 aromatic heterocycles. The molecule has 1 unspecified atom stereocenters. The van der Waals surface area contributed by atoms with Gasteiger partial charge in [0.05, 0.1) is 23.8 Å². The van der Waals surface area contributed by atoms with Crippen LogP contribution in [0, 0.1) is 12.8 Å². The van der Waals surface area contributed by atoms with Gasteiger partial charge in [-0.1, -0.05) is 0 Å². The van der Waals surface area contributed by atoms with E-state index in [0.717, 1.165) is 17.3 Å². The first-order valence-electron chi connectivity index (χ1n) is 12.0. The van der Waals surface area contributed by atoms with Gasteiger partial charge in [0.2, 0.25) is 17.7 Å². The summed E-state index contributed by atoms with van der Waals surface area (Å²) in [4.78, 5) is 39.7. The van der Waals surface area contributed by atoms with E-state index in [1.807, 2.05) is 6.92 Å². The van der Waals surface area contributed by atoms with Crippen LogP contribution in [0.3, 0.4) is 0 Å². The number of rotatable bonds is 5. The number of aromatic nitrogens is 3. The van der Waals surface area contributed by atoms with Gasteiger partial charge >= 0.3 is 6.18 Å². The Morgan fingerprint density at radius 3 is 2.44 bits per heavy atom. The lowest BCUT2D eigenvalue weighted by molar-refractivity contribution is -0.147. The van der Waals surface area contributed by atoms with Crippen LogP contribution in [0.25, 0.3) is 10.6 Å². The molecule has 3 heterocycles. The molecule has 1 atom stereocenters. The van der Waals surface area contributed by atoms with Gasteiger partial charge in [-0.2, -0.15) is 13.2 Å². The highest BCUT2D eigenvalue weighted by atomic mass is 32.1. The lowest BCUT2D eigenvalue weighted by atomic mass is 9.80. The zero-order valence-corrected chi connectivity index (χ0v) is 21.5. The first-order valence-corrected chi connectivity index (χ1v) is 12.8. The van der Waals surface area contributed by atoms with Crippen LogP contribution in [0.15, 0.2) is 30.7 Å². The maximum Gasteiger partial charge on any atom is 0.451 e. The SMILES string of the molecule is Cc1cnc(-c2cc(C(=O)NC(C)c3cnc(C(F)(F)F)nc3)cc3c2OCCN3C(=O)C2CC(F)(F)C2)s1. The van der Waals surface area contributed by atoms with Gasteiger partial charge in [-0.3, -0.25) is 9.59 Å². The number of aryl methyl sites for hydroxylation is 1. The van der Waals surface area contributed by atoms with Crippen molar-refractivity contribution in [2.75, 3.05) is 18.1 Å². The second-order valence-corrected chi connectivity index (χ2v) is 10.7. The highest BCUT2D eigenvalue weighted by Gasteiger charge is 2.50. The van der Waals surface area contributed by atoms with Gasteiger partial charge in [0.1, 0.15) is 11.6 Å². The second kappa shape index (κ2) is 9.81. The Balaban J connectivity index is 1.47. The largest absolute Gasteiger partial charge is 0.489 e. The van der Waals surface area contributed by atoms with Gasteiger partial charge in [0.15, 0.2) is 5.75 Å². The third-order valence-electron chi connectivity index (χ3n) is 6.51. The summed E-state index contributed by atoms with van der Waals surface area (Å²) in [5.74, 6) is -5.76. The lowest BCUT2D eigenvalue weighted by Crippen LogP contribution is -2.49. The van der Waals surface area contributed by atoms with E-state index >= 15 is 0 Å². The molecule has 8 nitrogen and oxygen atoms in total. The molecule has 206 valence electrons. The average Bonchev–Trinajstić information content (AvgIpc) is 3.31. The molecule has 2 amide bonds. The molecule has 0 spiro atoms. The van der Waals surface area contributed by atoms with Crippen LogP contribution in [-0.4, -0.2) is 45.8 Å². The summed E-state index contributed by atoms with van der Waals surface area (Å²) in [5.41, 5.74) is 1.09. The number of carbonyl (C=O) groups excluding carboxylic acids is 2. The average molecular weight is 568 g/mol. The normalized spacial score (nSPS) is 17.6. The molecular weight excluding hydrogens is 545 g/mol. The fraction of sp³-hybridized carbons (Fsp3) is 0.400. The summed E-state index contributed by atoms with van der Waals surface area (Å²) in [6, 6.07) is 2.24. The molecule has 1 N–H and O–H groups in total. The van der Waals surface area contributed by atoms with Gasteiger partial charge in [0.25, 0.3) is 5.91 Å². The Labute approximate surface area is 223 Å². The monoisotopic (exact) mass is 567 g/mol. The van der Waals surface area contributed by atoms with Crippen LogP contribution < -0.4 is 15.0 Å². The predicted octanol–water partition coefficient (Wildman–Crippen LogP) is 5.19. The number of nitrogens with one attached hydrogen (secondary N) is 1. The Hall–Kier alpha value is -3.68. The minimum Gasteiger partial charge on any atom is -0.489 e. The molecule has 1 saturated carbocycles. The van der Waals surface area contributed by atoms with Crippen molar-refractivity contribution in [2.45, 2.75) is 44.8 Å². The molecule has 2 aliphatic rings. The Bertz CT molecular complexity index is 1420. The molecule has 1 fully saturated rings. The van der Waals surface area contributed by atoms with Crippen molar-refractivity contribution in [3.8, 4) is 16.3 Å². The Morgan fingerprint density at radius 1 is 1.15 bits per heavy atom. The summed E-state index contributed by atoms with van der Waals surface area (Å²) in [6.07, 6.45) is -2.15. The summed E-state index contributed by atoms with van der Waals surface area (Å²) < 4.78 is 71.3. The highest BCUT2D eigenvalue weighted by Crippen LogP contribution is 2.47. The number of hydrogen-bond donors (Lipinski definition) is 1. The quantitative estimate of drug-likeness (QED) is 0.427. The van der Waals surface area contributed by atoms with Crippen molar-refractivity contribution in [2.24, 2.45) is 5.92 Å². The minimum atomic E-state index is -4.69. The number of hydrogen-bond acceptors (Lipinski definition) is 7. The molecule has 1 aromatic carbocycles. The van der Waals surface area contributed by atoms with Crippen molar-refractivity contribution in [3.63, 3.8) is 0 Å². The smallest absolute Gasteiger partial charge is 0.451 e. The van der Waals surface area contributed by atoms with E-state index in [-0.39, 0.29) is 30.0 Å². The van der Waals surface area contributed by atoms with E-state index < -0.39 is 54.5 Å². The molecule has 14 heteroatoms. The van der Waals surface area contributed by atoms with E-state index in [1.54, 1.807) is 19.2 Å². The molecule has 3 aromatic rings. The predicted molar refractivity (Wildman–Crippen MR) is 131 cm³/mol. The van der Waals surface area contributed by atoms with Crippen molar-refractivity contribution in [1.29, 1.82) is 0 Å². The van der Waals surface area contributed by atoms with E-state index in [4.69, 9.17) is 4.74 Å². The number of fused-ring (bicyclic) bond motifs is 1. The van der Waals surface area contributed by atoms with Crippen LogP contribution in [-0.2, 0) is 11.0 Å². The molecule has 0 saturated heterocycles. The lowest BCUT2D eigenvalue weighted by Gasteiger charge is -2.39. The topological polar surface area (TPSA) is 97.3 Å². The molecule has 0 radical (unpaired) electrons. The zero-order chi connectivity index (χ0) is 28.1. The Morgan fingerprint density at radius 2 is 1.85 bits per heavy atom. The van der Waals surface area contributed by atoms with E-state index in [0.29, 0.717) is 16.3 Å². The fourth-order valence-electron chi connectivity index (χ4n) is 4.45. The second-order valence-electron chi connectivity index (χ2n) is 9.48. The molecule has 1 aliphatic heterocycles. The standard InChI is InChI=1S/C25H22F5N5O3S/c1-12-9-31-21(39-12)17-5-14(20(36)34-13(2)16-10-32-23(33-11-16)25(28,29)30)6-18-19(17)38-4-3-35(18)22(37)15-7-24(26,27)8-15/h5-6,9-11,13,15H,3-4,7-8H2,1-2H3,(H,34,36). The highest BCUT2D eigenvalue weighted by molar-refractivity contribution is 7.15. The number of ether oxygens (including phenoxy) is 1. The van der Waals surface area contributed by atoms with Gasteiger partial charge < -0.3 is 15.0 Å². The van der Waals surface area contributed by atoms with Crippen molar-refractivity contribution < 1.29 is 36.3 Å². The Kier molecular flexibility index (Phi) is 6.77.